The van der Waals surface area contributed by atoms with E-state index in [1.54, 1.807) is 30.3 Å². The van der Waals surface area contributed by atoms with Gasteiger partial charge in [-0.05, 0) is 12.1 Å². The van der Waals surface area contributed by atoms with Crippen LogP contribution in [0.15, 0.2) is 76.1 Å². The van der Waals surface area contributed by atoms with Crippen LogP contribution in [-0.2, 0) is 10.0 Å². The number of nitrogens with zero attached hydrogens (tertiary/aromatic N) is 2. The lowest BCUT2D eigenvalue weighted by Crippen LogP contribution is -2.43. The number of rotatable bonds is 4. The summed E-state index contributed by atoms with van der Waals surface area (Å²) in [6.07, 6.45) is -5.21. The van der Waals surface area contributed by atoms with Crippen molar-refractivity contribution >= 4 is 15.8 Å². The van der Waals surface area contributed by atoms with E-state index in [0.29, 0.717) is 5.56 Å². The van der Waals surface area contributed by atoms with Crippen molar-refractivity contribution in [2.45, 2.75) is 11.2 Å². The molecule has 0 aliphatic heterocycles. The molecule has 0 atom stereocenters. The average Bonchev–Trinajstić information content (AvgIpc) is 3.04. The molecule has 0 saturated heterocycles. The lowest BCUT2D eigenvalue weighted by molar-refractivity contribution is -0.116. The standard InChI is InChI=1S/C16H11F3N2O3S/c17-16(18,19)21(25(22,23)13-9-5-2-6-10-13)15-11-14(24-20-15)12-7-3-1-4-8-12/h1-11H. The van der Waals surface area contributed by atoms with E-state index in [1.807, 2.05) is 0 Å². The Hall–Kier alpha value is -2.81. The number of anilines is 1. The molecule has 0 bridgehead atoms. The average molecular weight is 368 g/mol. The Labute approximate surface area is 141 Å². The summed E-state index contributed by atoms with van der Waals surface area (Å²) in [7, 11) is -4.89. The van der Waals surface area contributed by atoms with Gasteiger partial charge in [-0.15, -0.1) is 13.2 Å². The molecule has 0 saturated carbocycles. The predicted molar refractivity (Wildman–Crippen MR) is 84.1 cm³/mol. The third kappa shape index (κ3) is 3.36. The van der Waals surface area contributed by atoms with Crippen molar-refractivity contribution in [3.05, 3.63) is 66.7 Å². The van der Waals surface area contributed by atoms with Crippen molar-refractivity contribution in [1.82, 2.24) is 5.16 Å². The molecule has 3 aromatic rings. The van der Waals surface area contributed by atoms with E-state index in [1.165, 1.54) is 18.2 Å². The van der Waals surface area contributed by atoms with Crippen LogP contribution in [0.1, 0.15) is 0 Å². The molecule has 9 heteroatoms. The highest BCUT2D eigenvalue weighted by Gasteiger charge is 2.48. The second-order valence-electron chi connectivity index (χ2n) is 4.97. The fourth-order valence-electron chi connectivity index (χ4n) is 2.19. The number of aromatic nitrogens is 1. The lowest BCUT2D eigenvalue weighted by Gasteiger charge is -2.23. The molecular formula is C16H11F3N2O3S. The van der Waals surface area contributed by atoms with Crippen LogP contribution in [-0.4, -0.2) is 19.9 Å². The summed E-state index contributed by atoms with van der Waals surface area (Å²) < 4.78 is 69.5. The molecule has 0 unspecified atom stereocenters. The van der Waals surface area contributed by atoms with E-state index < -0.39 is 31.3 Å². The second-order valence-corrected chi connectivity index (χ2v) is 6.75. The number of hydrogen-bond donors (Lipinski definition) is 0. The van der Waals surface area contributed by atoms with Crippen LogP contribution in [0.2, 0.25) is 0 Å². The van der Waals surface area contributed by atoms with Gasteiger partial charge in [-0.1, -0.05) is 53.7 Å². The summed E-state index contributed by atoms with van der Waals surface area (Å²) in [4.78, 5) is -0.503. The Morgan fingerprint density at radius 3 is 2.04 bits per heavy atom. The summed E-state index contributed by atoms with van der Waals surface area (Å²) in [5.41, 5.74) is 0.473. The number of benzene rings is 2. The molecule has 0 N–H and O–H groups in total. The Balaban J connectivity index is 2.08. The number of sulfonamides is 1. The lowest BCUT2D eigenvalue weighted by atomic mass is 10.2. The van der Waals surface area contributed by atoms with Gasteiger partial charge >= 0.3 is 6.30 Å². The van der Waals surface area contributed by atoms with Gasteiger partial charge in [0.15, 0.2) is 11.6 Å². The van der Waals surface area contributed by atoms with Crippen LogP contribution < -0.4 is 4.31 Å². The highest BCUT2D eigenvalue weighted by Crippen LogP contribution is 2.35. The Bertz CT molecular complexity index is 955. The molecule has 0 radical (unpaired) electrons. The van der Waals surface area contributed by atoms with Gasteiger partial charge in [-0.2, -0.15) is 4.31 Å². The van der Waals surface area contributed by atoms with Gasteiger partial charge in [0.25, 0.3) is 10.0 Å². The fourth-order valence-corrected chi connectivity index (χ4v) is 3.50. The van der Waals surface area contributed by atoms with Gasteiger partial charge in [0.2, 0.25) is 0 Å². The summed E-state index contributed by atoms with van der Waals surface area (Å²) in [5.74, 6) is -0.844. The van der Waals surface area contributed by atoms with Crippen molar-refractivity contribution in [3.63, 3.8) is 0 Å². The molecule has 25 heavy (non-hydrogen) atoms. The molecule has 1 aromatic heterocycles. The van der Waals surface area contributed by atoms with Crippen LogP contribution in [0.3, 0.4) is 0 Å². The first-order valence-corrected chi connectivity index (χ1v) is 8.43. The predicted octanol–water partition coefficient (Wildman–Crippen LogP) is 4.06. The van der Waals surface area contributed by atoms with E-state index in [9.17, 15) is 21.6 Å². The maximum Gasteiger partial charge on any atom is 0.500 e. The molecule has 0 aliphatic rings. The Morgan fingerprint density at radius 2 is 1.48 bits per heavy atom. The van der Waals surface area contributed by atoms with Gasteiger partial charge in [-0.3, -0.25) is 0 Å². The topological polar surface area (TPSA) is 63.4 Å². The molecule has 0 amide bonds. The third-order valence-electron chi connectivity index (χ3n) is 3.28. The maximum absolute atomic E-state index is 13.5. The van der Waals surface area contributed by atoms with Crippen LogP contribution in [0.4, 0.5) is 19.0 Å². The van der Waals surface area contributed by atoms with Gasteiger partial charge in [0.1, 0.15) is 0 Å². The Kier molecular flexibility index (Phi) is 4.25. The van der Waals surface area contributed by atoms with Crippen molar-refractivity contribution in [2.24, 2.45) is 0 Å². The maximum atomic E-state index is 13.5. The SMILES string of the molecule is O=S(=O)(c1ccccc1)N(c1cc(-c2ccccc2)on1)C(F)(F)F. The van der Waals surface area contributed by atoms with Crippen molar-refractivity contribution < 1.29 is 26.1 Å². The number of halogens is 3. The molecule has 130 valence electrons. The zero-order valence-electron chi connectivity index (χ0n) is 12.5. The molecule has 1 heterocycles. The van der Waals surface area contributed by atoms with E-state index >= 15 is 0 Å². The van der Waals surface area contributed by atoms with Gasteiger partial charge < -0.3 is 4.52 Å². The minimum Gasteiger partial charge on any atom is -0.354 e. The van der Waals surface area contributed by atoms with E-state index in [-0.39, 0.29) is 5.76 Å². The minimum atomic E-state index is -5.21. The molecule has 3 rings (SSSR count). The minimum absolute atomic E-state index is 0.0214. The second kappa shape index (κ2) is 6.25. The summed E-state index contributed by atoms with van der Waals surface area (Å²) in [6, 6.07) is 15.5. The monoisotopic (exact) mass is 368 g/mol. The molecular weight excluding hydrogens is 357 g/mol. The highest BCUT2D eigenvalue weighted by atomic mass is 32.2. The van der Waals surface area contributed by atoms with Gasteiger partial charge in [0, 0.05) is 11.6 Å². The fraction of sp³-hybridized carbons (Fsp3) is 0.0625. The van der Waals surface area contributed by atoms with Crippen LogP contribution in [0.25, 0.3) is 11.3 Å². The van der Waals surface area contributed by atoms with E-state index in [2.05, 4.69) is 5.16 Å². The summed E-state index contributed by atoms with van der Waals surface area (Å²) in [5, 5.41) is 3.30. The molecule has 5 nitrogen and oxygen atoms in total. The summed E-state index contributed by atoms with van der Waals surface area (Å²) >= 11 is 0. The first-order chi connectivity index (χ1) is 11.8. The quantitative estimate of drug-likeness (QED) is 0.652. The van der Waals surface area contributed by atoms with Crippen molar-refractivity contribution in [2.75, 3.05) is 4.31 Å². The number of alkyl halides is 3. The molecule has 0 aliphatic carbocycles. The van der Waals surface area contributed by atoms with Gasteiger partial charge in [-0.25, -0.2) is 8.42 Å². The first kappa shape index (κ1) is 17.0. The largest absolute Gasteiger partial charge is 0.500 e. The van der Waals surface area contributed by atoms with Crippen molar-refractivity contribution in [3.8, 4) is 11.3 Å². The van der Waals surface area contributed by atoms with Gasteiger partial charge in [0.05, 0.1) is 4.90 Å². The Morgan fingerprint density at radius 1 is 0.920 bits per heavy atom. The van der Waals surface area contributed by atoms with Crippen molar-refractivity contribution in [1.29, 1.82) is 0 Å². The van der Waals surface area contributed by atoms with E-state index in [4.69, 9.17) is 4.52 Å². The van der Waals surface area contributed by atoms with Crippen LogP contribution >= 0.6 is 0 Å². The summed E-state index contributed by atoms with van der Waals surface area (Å²) in [6.45, 7) is 0. The zero-order valence-corrected chi connectivity index (χ0v) is 13.3. The third-order valence-corrected chi connectivity index (χ3v) is 5.02. The molecule has 0 fully saturated rings. The number of hydrogen-bond acceptors (Lipinski definition) is 4. The van der Waals surface area contributed by atoms with Crippen LogP contribution in [0.5, 0.6) is 0 Å². The smallest absolute Gasteiger partial charge is 0.354 e. The van der Waals surface area contributed by atoms with E-state index in [0.717, 1.165) is 18.2 Å². The highest BCUT2D eigenvalue weighted by molar-refractivity contribution is 7.92. The van der Waals surface area contributed by atoms with Crippen LogP contribution in [0, 0.1) is 0 Å². The normalized spacial score (nSPS) is 12.1. The first-order valence-electron chi connectivity index (χ1n) is 6.99. The molecule has 2 aromatic carbocycles. The zero-order chi connectivity index (χ0) is 18.1. The molecule has 0 spiro atoms.